The summed E-state index contributed by atoms with van der Waals surface area (Å²) in [5.41, 5.74) is 0. The first-order chi connectivity index (χ1) is 6.31. The van der Waals surface area contributed by atoms with Crippen molar-refractivity contribution < 1.29 is 9.53 Å². The molecule has 0 spiro atoms. The van der Waals surface area contributed by atoms with Gasteiger partial charge in [-0.3, -0.25) is 0 Å². The highest BCUT2D eigenvalue weighted by atomic mass is 16.5. The van der Waals surface area contributed by atoms with Crippen molar-refractivity contribution in [1.82, 2.24) is 0 Å². The maximum Gasteiger partial charge on any atom is 0.330 e. The number of hydrogen-bond donors (Lipinski definition) is 0. The minimum absolute atomic E-state index is 0.322. The van der Waals surface area contributed by atoms with Gasteiger partial charge >= 0.3 is 5.97 Å². The second-order valence-electron chi connectivity index (χ2n) is 2.99. The first-order valence-electron chi connectivity index (χ1n) is 4.89. The predicted molar refractivity (Wildman–Crippen MR) is 54.2 cm³/mol. The molecule has 0 N–H and O–H groups in total. The third kappa shape index (κ3) is 9.12. The maximum atomic E-state index is 10.6. The van der Waals surface area contributed by atoms with Crippen LogP contribution in [0.15, 0.2) is 12.7 Å². The molecular formula is C11H19O2. The van der Waals surface area contributed by atoms with Crippen LogP contribution in [0.25, 0.3) is 0 Å². The zero-order valence-corrected chi connectivity index (χ0v) is 8.26. The average Bonchev–Trinajstić information content (AvgIpc) is 2.16. The van der Waals surface area contributed by atoms with Gasteiger partial charge in [-0.05, 0) is 6.42 Å². The molecule has 0 saturated carbocycles. The summed E-state index contributed by atoms with van der Waals surface area (Å²) >= 11 is 0. The van der Waals surface area contributed by atoms with Crippen LogP contribution in [0.3, 0.4) is 0 Å². The number of carbonyl (C=O) groups excluding carboxylic acids is 1. The Labute approximate surface area is 81.0 Å². The minimum atomic E-state index is -0.322. The number of unbranched alkanes of at least 4 members (excludes halogenated alkanes) is 5. The Balaban J connectivity index is 2.99. The topological polar surface area (TPSA) is 26.3 Å². The lowest BCUT2D eigenvalue weighted by Crippen LogP contribution is -2.01. The summed E-state index contributed by atoms with van der Waals surface area (Å²) in [6, 6.07) is 0. The summed E-state index contributed by atoms with van der Waals surface area (Å²) in [6.07, 6.45) is 7.95. The van der Waals surface area contributed by atoms with E-state index in [1.165, 1.54) is 25.3 Å². The lowest BCUT2D eigenvalue weighted by molar-refractivity contribution is -0.137. The Hall–Kier alpha value is -0.790. The Morgan fingerprint density at radius 1 is 1.15 bits per heavy atom. The van der Waals surface area contributed by atoms with Crippen molar-refractivity contribution in [3.05, 3.63) is 19.6 Å². The van der Waals surface area contributed by atoms with Gasteiger partial charge in [0.15, 0.2) is 0 Å². The van der Waals surface area contributed by atoms with E-state index in [4.69, 9.17) is 4.74 Å². The summed E-state index contributed by atoms with van der Waals surface area (Å²) in [6.45, 7) is 7.62. The van der Waals surface area contributed by atoms with Gasteiger partial charge in [0, 0.05) is 6.08 Å². The molecule has 0 aliphatic rings. The summed E-state index contributed by atoms with van der Waals surface area (Å²) in [5, 5.41) is 0. The lowest BCUT2D eigenvalue weighted by atomic mass is 10.1. The van der Waals surface area contributed by atoms with Crippen LogP contribution in [0.1, 0.15) is 38.5 Å². The molecule has 2 heteroatoms. The largest absolute Gasteiger partial charge is 0.463 e. The molecule has 0 aliphatic heterocycles. The lowest BCUT2D eigenvalue weighted by Gasteiger charge is -2.01. The van der Waals surface area contributed by atoms with Gasteiger partial charge in [-0.1, -0.05) is 45.6 Å². The monoisotopic (exact) mass is 183 g/mol. The van der Waals surface area contributed by atoms with Gasteiger partial charge < -0.3 is 4.74 Å². The fraction of sp³-hybridized carbons (Fsp3) is 0.636. The predicted octanol–water partition coefficient (Wildman–Crippen LogP) is 2.89. The summed E-state index contributed by atoms with van der Waals surface area (Å²) in [7, 11) is 0. The van der Waals surface area contributed by atoms with Crippen LogP contribution in [0, 0.1) is 6.92 Å². The second kappa shape index (κ2) is 9.30. The van der Waals surface area contributed by atoms with Crippen LogP contribution in [-0.2, 0) is 9.53 Å². The van der Waals surface area contributed by atoms with Crippen LogP contribution in [0.5, 0.6) is 0 Å². The van der Waals surface area contributed by atoms with Crippen molar-refractivity contribution in [2.24, 2.45) is 0 Å². The van der Waals surface area contributed by atoms with Gasteiger partial charge in [0.2, 0.25) is 0 Å². The molecule has 0 aromatic rings. The summed E-state index contributed by atoms with van der Waals surface area (Å²) in [5.74, 6) is -0.322. The number of rotatable bonds is 8. The van der Waals surface area contributed by atoms with Crippen LogP contribution >= 0.6 is 0 Å². The van der Waals surface area contributed by atoms with Crippen molar-refractivity contribution in [1.29, 1.82) is 0 Å². The number of carbonyl (C=O) groups is 1. The van der Waals surface area contributed by atoms with E-state index in [0.717, 1.165) is 19.3 Å². The first kappa shape index (κ1) is 12.2. The van der Waals surface area contributed by atoms with E-state index in [0.29, 0.717) is 6.61 Å². The Morgan fingerprint density at radius 3 is 2.38 bits per heavy atom. The molecule has 0 heterocycles. The fourth-order valence-electron chi connectivity index (χ4n) is 1.04. The standard InChI is InChI=1S/C11H19O2/c1-3-5-6-7-8-9-10-13-11(12)4-2/h4H,1-3,5-10H2. The summed E-state index contributed by atoms with van der Waals surface area (Å²) < 4.78 is 4.83. The van der Waals surface area contributed by atoms with Crippen molar-refractivity contribution >= 4 is 5.97 Å². The van der Waals surface area contributed by atoms with Crippen molar-refractivity contribution in [2.75, 3.05) is 6.61 Å². The molecule has 75 valence electrons. The van der Waals surface area contributed by atoms with Gasteiger partial charge in [-0.25, -0.2) is 4.79 Å². The first-order valence-corrected chi connectivity index (χ1v) is 4.89. The van der Waals surface area contributed by atoms with Gasteiger partial charge in [0.1, 0.15) is 0 Å². The second-order valence-corrected chi connectivity index (χ2v) is 2.99. The van der Waals surface area contributed by atoms with Crippen LogP contribution in [0.4, 0.5) is 0 Å². The maximum absolute atomic E-state index is 10.6. The highest BCUT2D eigenvalue weighted by Crippen LogP contribution is 2.04. The zero-order valence-electron chi connectivity index (χ0n) is 8.26. The third-order valence-electron chi connectivity index (χ3n) is 1.81. The molecule has 0 aromatic heterocycles. The molecular weight excluding hydrogens is 164 g/mol. The van der Waals surface area contributed by atoms with E-state index in [1.807, 2.05) is 0 Å². The highest BCUT2D eigenvalue weighted by Gasteiger charge is 1.94. The minimum Gasteiger partial charge on any atom is -0.463 e. The third-order valence-corrected chi connectivity index (χ3v) is 1.81. The van der Waals surface area contributed by atoms with Crippen LogP contribution in [0.2, 0.25) is 0 Å². The van der Waals surface area contributed by atoms with Crippen LogP contribution in [-0.4, -0.2) is 12.6 Å². The highest BCUT2D eigenvalue weighted by molar-refractivity contribution is 5.81. The van der Waals surface area contributed by atoms with E-state index in [2.05, 4.69) is 13.5 Å². The van der Waals surface area contributed by atoms with E-state index < -0.39 is 0 Å². The Bertz CT molecular complexity index is 141. The number of ether oxygens (including phenoxy) is 1. The average molecular weight is 183 g/mol. The van der Waals surface area contributed by atoms with Gasteiger partial charge in [-0.15, -0.1) is 0 Å². The SMILES string of the molecule is [CH2]CCCCCCCOC(=O)C=C. The van der Waals surface area contributed by atoms with E-state index >= 15 is 0 Å². The summed E-state index contributed by atoms with van der Waals surface area (Å²) in [4.78, 5) is 10.6. The molecule has 0 atom stereocenters. The zero-order chi connectivity index (χ0) is 9.94. The van der Waals surface area contributed by atoms with Gasteiger partial charge in [0.05, 0.1) is 6.61 Å². The molecule has 0 unspecified atom stereocenters. The number of hydrogen-bond acceptors (Lipinski definition) is 2. The van der Waals surface area contributed by atoms with E-state index in [-0.39, 0.29) is 5.97 Å². The Kier molecular flexibility index (Phi) is 8.73. The molecule has 0 aliphatic carbocycles. The molecule has 0 amide bonds. The molecule has 0 fully saturated rings. The normalized spacial score (nSPS) is 9.62. The quantitative estimate of drug-likeness (QED) is 0.328. The van der Waals surface area contributed by atoms with Crippen LogP contribution < -0.4 is 0 Å². The smallest absolute Gasteiger partial charge is 0.330 e. The molecule has 0 saturated heterocycles. The van der Waals surface area contributed by atoms with Crippen molar-refractivity contribution in [3.63, 3.8) is 0 Å². The molecule has 0 rings (SSSR count). The molecule has 0 bridgehead atoms. The molecule has 0 aromatic carbocycles. The molecule has 2 nitrogen and oxygen atoms in total. The van der Waals surface area contributed by atoms with E-state index in [1.54, 1.807) is 0 Å². The van der Waals surface area contributed by atoms with E-state index in [9.17, 15) is 4.79 Å². The van der Waals surface area contributed by atoms with Gasteiger partial charge in [-0.2, -0.15) is 0 Å². The fourth-order valence-corrected chi connectivity index (χ4v) is 1.04. The van der Waals surface area contributed by atoms with Crippen molar-refractivity contribution in [3.8, 4) is 0 Å². The number of esters is 1. The molecule has 1 radical (unpaired) electrons. The Morgan fingerprint density at radius 2 is 1.77 bits per heavy atom. The van der Waals surface area contributed by atoms with Crippen molar-refractivity contribution in [2.45, 2.75) is 38.5 Å². The molecule has 13 heavy (non-hydrogen) atoms. The van der Waals surface area contributed by atoms with Gasteiger partial charge in [0.25, 0.3) is 0 Å².